The number of hydrogen-bond donors (Lipinski definition) is 2. The molecule has 166 valence electrons. The van der Waals surface area contributed by atoms with Crippen molar-refractivity contribution in [3.63, 3.8) is 0 Å². The molecule has 0 atom stereocenters. The van der Waals surface area contributed by atoms with Gasteiger partial charge in [-0.1, -0.05) is 0 Å². The largest absolute Gasteiger partial charge is 0.379 e. The summed E-state index contributed by atoms with van der Waals surface area (Å²) in [7, 11) is -2.09. The maximum absolute atomic E-state index is 12.7. The van der Waals surface area contributed by atoms with Crippen molar-refractivity contribution < 1.29 is 27.5 Å². The monoisotopic (exact) mass is 441 g/mol. The lowest BCUT2D eigenvalue weighted by Gasteiger charge is -2.37. The molecule has 11 nitrogen and oxygen atoms in total. The molecule has 3 amide bonds. The van der Waals surface area contributed by atoms with Crippen LogP contribution >= 0.6 is 0 Å². The first-order valence-electron chi connectivity index (χ1n) is 9.68. The maximum Gasteiger partial charge on any atom is 0.321 e. The third-order valence-corrected chi connectivity index (χ3v) is 6.88. The molecule has 2 N–H and O–H groups in total. The van der Waals surface area contributed by atoms with E-state index in [0.29, 0.717) is 50.8 Å². The van der Waals surface area contributed by atoms with Crippen LogP contribution in [0.4, 0.5) is 16.2 Å². The molecule has 0 aliphatic carbocycles. The van der Waals surface area contributed by atoms with E-state index in [1.807, 2.05) is 0 Å². The Balaban J connectivity index is 1.49. The molecule has 1 aromatic carbocycles. The topological polar surface area (TPSA) is 121 Å². The number of nitrogens with one attached hydrogen (secondary N) is 2. The molecule has 2 aliphatic rings. The minimum Gasteiger partial charge on any atom is -0.379 e. The summed E-state index contributed by atoms with van der Waals surface area (Å²) in [6, 6.07) is 6.42. The molecule has 2 heterocycles. The Morgan fingerprint density at radius 2 is 1.47 bits per heavy atom. The summed E-state index contributed by atoms with van der Waals surface area (Å²) in [4.78, 5) is 25.6. The highest BCUT2D eigenvalue weighted by Gasteiger charge is 2.34. The molecule has 0 saturated carbocycles. The van der Waals surface area contributed by atoms with Crippen molar-refractivity contribution in [2.45, 2.75) is 0 Å². The summed E-state index contributed by atoms with van der Waals surface area (Å²) in [6.07, 6.45) is 0. The fourth-order valence-electron chi connectivity index (χ4n) is 3.23. The van der Waals surface area contributed by atoms with Crippen molar-refractivity contribution in [1.82, 2.24) is 13.5 Å². The first kappa shape index (κ1) is 22.4. The SMILES string of the molecule is COCC(=O)Nc1ccc(NC(=O)N2CCN(S(=O)(=O)N3CCOCC3)CC2)cc1. The number of nitrogens with zero attached hydrogens (tertiary/aromatic N) is 3. The van der Waals surface area contributed by atoms with Gasteiger partial charge in [-0.25, -0.2) is 4.79 Å². The number of ether oxygens (including phenoxy) is 2. The lowest BCUT2D eigenvalue weighted by molar-refractivity contribution is -0.119. The zero-order chi connectivity index (χ0) is 21.6. The van der Waals surface area contributed by atoms with Crippen molar-refractivity contribution in [3.8, 4) is 0 Å². The molecule has 0 spiro atoms. The van der Waals surface area contributed by atoms with Gasteiger partial charge in [0.05, 0.1) is 13.2 Å². The van der Waals surface area contributed by atoms with Gasteiger partial charge in [-0.3, -0.25) is 4.79 Å². The Morgan fingerprint density at radius 3 is 2.03 bits per heavy atom. The summed E-state index contributed by atoms with van der Waals surface area (Å²) in [5.41, 5.74) is 1.17. The average molecular weight is 442 g/mol. The molecule has 2 aliphatic heterocycles. The number of carbonyl (C=O) groups excluding carboxylic acids is 2. The van der Waals surface area contributed by atoms with Gasteiger partial charge in [-0.2, -0.15) is 17.0 Å². The van der Waals surface area contributed by atoms with Crippen molar-refractivity contribution in [1.29, 1.82) is 0 Å². The van der Waals surface area contributed by atoms with E-state index in [9.17, 15) is 18.0 Å². The highest BCUT2D eigenvalue weighted by atomic mass is 32.2. The first-order valence-corrected chi connectivity index (χ1v) is 11.1. The lowest BCUT2D eigenvalue weighted by atomic mass is 10.2. The van der Waals surface area contributed by atoms with E-state index in [2.05, 4.69) is 10.6 Å². The van der Waals surface area contributed by atoms with E-state index in [4.69, 9.17) is 9.47 Å². The molecule has 1 aromatic rings. The molecule has 3 rings (SSSR count). The molecule has 12 heteroatoms. The van der Waals surface area contributed by atoms with Gasteiger partial charge < -0.3 is 25.0 Å². The van der Waals surface area contributed by atoms with Crippen molar-refractivity contribution in [2.24, 2.45) is 0 Å². The smallest absolute Gasteiger partial charge is 0.321 e. The number of benzene rings is 1. The maximum atomic E-state index is 12.7. The predicted octanol–water partition coefficient (Wildman–Crippen LogP) is -0.00200. The van der Waals surface area contributed by atoms with Gasteiger partial charge in [0.25, 0.3) is 10.2 Å². The minimum atomic E-state index is -3.53. The van der Waals surface area contributed by atoms with Gasteiger partial charge in [0.15, 0.2) is 0 Å². The second kappa shape index (κ2) is 10.2. The van der Waals surface area contributed by atoms with Gasteiger partial charge in [-0.05, 0) is 24.3 Å². The predicted molar refractivity (Wildman–Crippen MR) is 110 cm³/mol. The number of morpholine rings is 1. The zero-order valence-electron chi connectivity index (χ0n) is 16.9. The number of rotatable bonds is 6. The van der Waals surface area contributed by atoms with Gasteiger partial charge in [-0.15, -0.1) is 0 Å². The first-order chi connectivity index (χ1) is 14.4. The molecule has 2 fully saturated rings. The molecule has 2 saturated heterocycles. The van der Waals surface area contributed by atoms with Gasteiger partial charge in [0.2, 0.25) is 5.91 Å². The van der Waals surface area contributed by atoms with Gasteiger partial charge >= 0.3 is 6.03 Å². The zero-order valence-corrected chi connectivity index (χ0v) is 17.7. The van der Waals surface area contributed by atoms with Crippen molar-refractivity contribution in [3.05, 3.63) is 24.3 Å². The molecular formula is C18H27N5O6S. The Hall–Kier alpha value is -2.25. The van der Waals surface area contributed by atoms with Crippen LogP contribution in [0.1, 0.15) is 0 Å². The van der Waals surface area contributed by atoms with Crippen LogP contribution < -0.4 is 10.6 Å². The van der Waals surface area contributed by atoms with E-state index in [1.165, 1.54) is 15.7 Å². The third kappa shape index (κ3) is 5.67. The second-order valence-corrected chi connectivity index (χ2v) is 8.82. The Morgan fingerprint density at radius 1 is 0.933 bits per heavy atom. The van der Waals surface area contributed by atoms with Gasteiger partial charge in [0, 0.05) is 57.8 Å². The second-order valence-electron chi connectivity index (χ2n) is 6.89. The quantitative estimate of drug-likeness (QED) is 0.641. The minimum absolute atomic E-state index is 0.0360. The van der Waals surface area contributed by atoms with Crippen LogP contribution in [-0.2, 0) is 24.5 Å². The van der Waals surface area contributed by atoms with Crippen LogP contribution in [0.3, 0.4) is 0 Å². The van der Waals surface area contributed by atoms with Crippen LogP contribution in [0.15, 0.2) is 24.3 Å². The number of urea groups is 1. The molecular weight excluding hydrogens is 414 g/mol. The van der Waals surface area contributed by atoms with Gasteiger partial charge in [0.1, 0.15) is 6.61 Å². The lowest BCUT2D eigenvalue weighted by Crippen LogP contribution is -2.56. The number of anilines is 2. The summed E-state index contributed by atoms with van der Waals surface area (Å²) < 4.78 is 38.2. The fraction of sp³-hybridized carbons (Fsp3) is 0.556. The summed E-state index contributed by atoms with van der Waals surface area (Å²) in [6.45, 7) is 2.57. The van der Waals surface area contributed by atoms with Crippen LogP contribution in [-0.4, -0.2) is 100 Å². The number of methoxy groups -OCH3 is 1. The number of carbonyl (C=O) groups is 2. The molecule has 0 radical (unpaired) electrons. The van der Waals surface area contributed by atoms with E-state index < -0.39 is 10.2 Å². The van der Waals surface area contributed by atoms with E-state index >= 15 is 0 Å². The molecule has 30 heavy (non-hydrogen) atoms. The summed E-state index contributed by atoms with van der Waals surface area (Å²) in [5, 5.41) is 5.46. The van der Waals surface area contributed by atoms with Crippen molar-refractivity contribution >= 4 is 33.5 Å². The standard InChI is InChI=1S/C18H27N5O6S/c1-28-14-17(24)19-15-2-4-16(5-3-15)20-18(25)21-6-8-22(9-7-21)30(26,27)23-10-12-29-13-11-23/h2-5H,6-14H2,1H3,(H,19,24)(H,20,25). The molecule has 0 unspecified atom stereocenters. The highest BCUT2D eigenvalue weighted by Crippen LogP contribution is 2.17. The summed E-state index contributed by atoms with van der Waals surface area (Å²) in [5.74, 6) is -0.265. The van der Waals surface area contributed by atoms with E-state index in [-0.39, 0.29) is 31.6 Å². The van der Waals surface area contributed by atoms with E-state index in [1.54, 1.807) is 29.2 Å². The highest BCUT2D eigenvalue weighted by molar-refractivity contribution is 7.86. The van der Waals surface area contributed by atoms with Crippen LogP contribution in [0, 0.1) is 0 Å². The van der Waals surface area contributed by atoms with Crippen LogP contribution in [0.25, 0.3) is 0 Å². The Bertz CT molecular complexity index is 833. The molecule has 0 bridgehead atoms. The van der Waals surface area contributed by atoms with Crippen LogP contribution in [0.5, 0.6) is 0 Å². The van der Waals surface area contributed by atoms with Crippen molar-refractivity contribution in [2.75, 3.05) is 76.8 Å². The number of piperazine rings is 1. The third-order valence-electron chi connectivity index (χ3n) is 4.84. The Kier molecular flexibility index (Phi) is 7.61. The fourth-order valence-corrected chi connectivity index (χ4v) is 4.79. The Labute approximate surface area is 176 Å². The van der Waals surface area contributed by atoms with Crippen LogP contribution in [0.2, 0.25) is 0 Å². The normalized spacial score (nSPS) is 18.8. The van der Waals surface area contributed by atoms with E-state index in [0.717, 1.165) is 0 Å². The summed E-state index contributed by atoms with van der Waals surface area (Å²) >= 11 is 0. The number of hydrogen-bond acceptors (Lipinski definition) is 6. The number of amides is 3. The molecule has 0 aromatic heterocycles. The average Bonchev–Trinajstić information content (AvgIpc) is 2.76.